The number of anilines is 3. The van der Waals surface area contributed by atoms with E-state index in [9.17, 15) is 0 Å². The fourth-order valence-corrected chi connectivity index (χ4v) is 4.64. The molecule has 1 N–H and O–H groups in total. The first-order valence-electron chi connectivity index (χ1n) is 12.1. The maximum absolute atomic E-state index is 5.55. The zero-order valence-corrected chi connectivity index (χ0v) is 20.6. The normalized spacial score (nSPS) is 13.9. The van der Waals surface area contributed by atoms with Crippen LogP contribution >= 0.6 is 0 Å². The third-order valence-electron chi connectivity index (χ3n) is 6.58. The summed E-state index contributed by atoms with van der Waals surface area (Å²) in [6.45, 7) is 4.91. The first kappa shape index (κ1) is 22.2. The van der Waals surface area contributed by atoms with Crippen molar-refractivity contribution in [2.75, 3.05) is 36.5 Å². The highest BCUT2D eigenvalue weighted by molar-refractivity contribution is 5.86. The van der Waals surface area contributed by atoms with Gasteiger partial charge in [-0.3, -0.25) is 4.68 Å². The number of ether oxygens (including phenoxy) is 1. The number of benzene rings is 2. The third kappa shape index (κ3) is 4.18. The molecule has 0 spiro atoms. The lowest BCUT2D eigenvalue weighted by Gasteiger charge is -2.27. The molecule has 2 aromatic carbocycles. The SMILES string of the molecule is Cc1nn(C)c2cc(-c3cc(Nc4ccc(-c5nccn5C)cc4)nc(N4CCOCC4)n3)ccc12. The molecule has 0 unspecified atom stereocenters. The molecule has 5 aromatic rings. The maximum atomic E-state index is 5.55. The molecule has 0 aliphatic carbocycles. The highest BCUT2D eigenvalue weighted by Crippen LogP contribution is 2.29. The first-order chi connectivity index (χ1) is 17.5. The van der Waals surface area contributed by atoms with Crippen molar-refractivity contribution in [1.29, 1.82) is 0 Å². The fourth-order valence-electron chi connectivity index (χ4n) is 4.64. The second-order valence-electron chi connectivity index (χ2n) is 9.04. The molecule has 1 saturated heterocycles. The highest BCUT2D eigenvalue weighted by atomic mass is 16.5. The van der Waals surface area contributed by atoms with Crippen molar-refractivity contribution in [1.82, 2.24) is 29.3 Å². The van der Waals surface area contributed by atoms with Gasteiger partial charge in [-0.1, -0.05) is 12.1 Å². The van der Waals surface area contributed by atoms with Gasteiger partial charge in [-0.2, -0.15) is 10.1 Å². The minimum Gasteiger partial charge on any atom is -0.378 e. The van der Waals surface area contributed by atoms with Gasteiger partial charge < -0.3 is 19.5 Å². The number of fused-ring (bicyclic) bond motifs is 1. The average Bonchev–Trinajstić information content (AvgIpc) is 3.46. The molecule has 0 radical (unpaired) electrons. The van der Waals surface area contributed by atoms with Crippen molar-refractivity contribution in [3.63, 3.8) is 0 Å². The molecule has 1 aliphatic heterocycles. The number of aromatic nitrogens is 6. The predicted molar refractivity (Wildman–Crippen MR) is 141 cm³/mol. The van der Waals surface area contributed by atoms with Crippen molar-refractivity contribution in [2.24, 2.45) is 14.1 Å². The Morgan fingerprint density at radius 2 is 1.69 bits per heavy atom. The Balaban J connectivity index is 1.37. The van der Waals surface area contributed by atoms with E-state index in [1.807, 2.05) is 54.7 Å². The Morgan fingerprint density at radius 3 is 2.44 bits per heavy atom. The molecular formula is C27H28N8O. The molecule has 0 atom stereocenters. The van der Waals surface area contributed by atoms with Gasteiger partial charge in [-0.05, 0) is 37.3 Å². The second kappa shape index (κ2) is 9.09. The number of nitrogens with zero attached hydrogens (tertiary/aromatic N) is 7. The Labute approximate surface area is 209 Å². The molecule has 0 saturated carbocycles. The Hall–Kier alpha value is -4.24. The van der Waals surface area contributed by atoms with E-state index in [-0.39, 0.29) is 0 Å². The Morgan fingerprint density at radius 1 is 0.917 bits per heavy atom. The van der Waals surface area contributed by atoms with E-state index in [2.05, 4.69) is 50.6 Å². The van der Waals surface area contributed by atoms with Crippen molar-refractivity contribution in [3.05, 3.63) is 66.6 Å². The van der Waals surface area contributed by atoms with E-state index in [0.717, 1.165) is 63.8 Å². The van der Waals surface area contributed by atoms with Crippen LogP contribution in [-0.4, -0.2) is 55.6 Å². The first-order valence-corrected chi connectivity index (χ1v) is 12.1. The fraction of sp³-hybridized carbons (Fsp3) is 0.259. The summed E-state index contributed by atoms with van der Waals surface area (Å²) < 4.78 is 9.47. The van der Waals surface area contributed by atoms with Crippen molar-refractivity contribution < 1.29 is 4.74 Å². The minimum absolute atomic E-state index is 0.672. The smallest absolute Gasteiger partial charge is 0.228 e. The summed E-state index contributed by atoms with van der Waals surface area (Å²) in [5, 5.41) is 9.19. The zero-order valence-electron chi connectivity index (χ0n) is 20.6. The summed E-state index contributed by atoms with van der Waals surface area (Å²) >= 11 is 0. The lowest BCUT2D eigenvalue weighted by atomic mass is 10.1. The van der Waals surface area contributed by atoms with Crippen LogP contribution in [0.4, 0.5) is 17.5 Å². The zero-order chi connectivity index (χ0) is 24.6. The summed E-state index contributed by atoms with van der Waals surface area (Å²) in [5.74, 6) is 2.37. The van der Waals surface area contributed by atoms with Crippen LogP contribution in [0, 0.1) is 6.92 Å². The molecule has 1 fully saturated rings. The van der Waals surface area contributed by atoms with Gasteiger partial charge in [-0.15, -0.1) is 0 Å². The van der Waals surface area contributed by atoms with Gasteiger partial charge >= 0.3 is 0 Å². The number of rotatable bonds is 5. The van der Waals surface area contributed by atoms with E-state index < -0.39 is 0 Å². The molecule has 9 nitrogen and oxygen atoms in total. The van der Waals surface area contributed by atoms with Crippen molar-refractivity contribution in [3.8, 4) is 22.6 Å². The molecular weight excluding hydrogens is 452 g/mol. The van der Waals surface area contributed by atoms with E-state index in [1.54, 1.807) is 6.20 Å². The molecule has 0 amide bonds. The molecule has 0 bridgehead atoms. The van der Waals surface area contributed by atoms with Crippen LogP contribution in [0.3, 0.4) is 0 Å². The Bertz CT molecular complexity index is 1530. The molecule has 4 heterocycles. The van der Waals surface area contributed by atoms with Gasteiger partial charge in [-0.25, -0.2) is 9.97 Å². The number of nitrogens with one attached hydrogen (secondary N) is 1. The van der Waals surface area contributed by atoms with Gasteiger partial charge in [0.1, 0.15) is 11.6 Å². The van der Waals surface area contributed by atoms with Crippen LogP contribution in [0.15, 0.2) is 60.9 Å². The summed E-state index contributed by atoms with van der Waals surface area (Å²) in [4.78, 5) is 16.4. The molecule has 36 heavy (non-hydrogen) atoms. The molecule has 3 aromatic heterocycles. The summed E-state index contributed by atoms with van der Waals surface area (Å²) in [6.07, 6.45) is 3.75. The van der Waals surface area contributed by atoms with Crippen LogP contribution in [0.25, 0.3) is 33.5 Å². The minimum atomic E-state index is 0.672. The quantitative estimate of drug-likeness (QED) is 0.401. The third-order valence-corrected chi connectivity index (χ3v) is 6.58. The van der Waals surface area contributed by atoms with Crippen LogP contribution in [0.5, 0.6) is 0 Å². The predicted octanol–water partition coefficient (Wildman–Crippen LogP) is 4.32. The van der Waals surface area contributed by atoms with Crippen molar-refractivity contribution >= 4 is 28.4 Å². The monoisotopic (exact) mass is 480 g/mol. The molecule has 6 rings (SSSR count). The lowest BCUT2D eigenvalue weighted by Crippen LogP contribution is -2.37. The topological polar surface area (TPSA) is 85.9 Å². The average molecular weight is 481 g/mol. The molecule has 182 valence electrons. The van der Waals surface area contributed by atoms with Gasteiger partial charge in [0, 0.05) is 67.8 Å². The maximum Gasteiger partial charge on any atom is 0.228 e. The van der Waals surface area contributed by atoms with E-state index >= 15 is 0 Å². The van der Waals surface area contributed by atoms with Crippen LogP contribution in [-0.2, 0) is 18.8 Å². The van der Waals surface area contributed by atoms with E-state index in [4.69, 9.17) is 14.7 Å². The van der Waals surface area contributed by atoms with Crippen LogP contribution in [0.2, 0.25) is 0 Å². The van der Waals surface area contributed by atoms with Gasteiger partial charge in [0.2, 0.25) is 5.95 Å². The number of imidazole rings is 1. The summed E-state index contributed by atoms with van der Waals surface area (Å²) in [7, 11) is 3.97. The number of hydrogen-bond acceptors (Lipinski definition) is 7. The van der Waals surface area contributed by atoms with E-state index in [1.165, 1.54) is 0 Å². The number of morpholine rings is 1. The standard InChI is InChI=1S/C27H28N8O/c1-18-22-9-6-20(16-24(22)34(3)32-18)23-17-25(31-27(30-23)35-12-14-36-15-13-35)29-21-7-4-19(5-8-21)26-28-10-11-33(26)2/h4-11,16-17H,12-15H2,1-3H3,(H,29,30,31). The van der Waals surface area contributed by atoms with Crippen LogP contribution in [0.1, 0.15) is 5.69 Å². The van der Waals surface area contributed by atoms with Gasteiger partial charge in [0.15, 0.2) is 0 Å². The summed E-state index contributed by atoms with van der Waals surface area (Å²) in [6, 6.07) is 16.6. The van der Waals surface area contributed by atoms with Gasteiger partial charge in [0.25, 0.3) is 0 Å². The highest BCUT2D eigenvalue weighted by Gasteiger charge is 2.17. The molecule has 1 aliphatic rings. The summed E-state index contributed by atoms with van der Waals surface area (Å²) in [5.41, 5.74) is 5.99. The van der Waals surface area contributed by atoms with Gasteiger partial charge in [0.05, 0.1) is 30.1 Å². The lowest BCUT2D eigenvalue weighted by molar-refractivity contribution is 0.122. The second-order valence-corrected chi connectivity index (χ2v) is 9.04. The van der Waals surface area contributed by atoms with Crippen molar-refractivity contribution in [2.45, 2.75) is 6.92 Å². The van der Waals surface area contributed by atoms with Crippen LogP contribution < -0.4 is 10.2 Å². The largest absolute Gasteiger partial charge is 0.378 e. The van der Waals surface area contributed by atoms with E-state index in [0.29, 0.717) is 19.2 Å². The number of aryl methyl sites for hydroxylation is 3. The number of hydrogen-bond donors (Lipinski definition) is 1. The Kier molecular flexibility index (Phi) is 5.61. The molecule has 9 heteroatoms.